The number of carbonyl (C=O) groups excluding carboxylic acids is 1. The lowest BCUT2D eigenvalue weighted by atomic mass is 10.2. The Hall–Kier alpha value is -1.98. The van der Waals surface area contributed by atoms with E-state index >= 15 is 0 Å². The largest absolute Gasteiger partial charge is 0.573 e. The molecule has 0 bridgehead atoms. The van der Waals surface area contributed by atoms with Gasteiger partial charge in [-0.2, -0.15) is 0 Å². The van der Waals surface area contributed by atoms with Gasteiger partial charge in [-0.25, -0.2) is 0 Å². The number of hydrogen-bond acceptors (Lipinski definition) is 3. The Balaban J connectivity index is 2.99. The van der Waals surface area contributed by atoms with Crippen LogP contribution < -0.4 is 10.5 Å². The van der Waals surface area contributed by atoms with Crippen molar-refractivity contribution in [2.24, 2.45) is 0 Å². The first-order valence-corrected chi connectivity index (χ1v) is 4.19. The van der Waals surface area contributed by atoms with E-state index in [0.717, 1.165) is 12.1 Å². The smallest absolute Gasteiger partial charge is 0.404 e. The first kappa shape index (κ1) is 12.1. The van der Waals surface area contributed by atoms with E-state index in [-0.39, 0.29) is 5.69 Å². The molecule has 0 fully saturated rings. The summed E-state index contributed by atoms with van der Waals surface area (Å²) in [5, 5.41) is 0. The molecule has 16 heavy (non-hydrogen) atoms. The summed E-state index contributed by atoms with van der Waals surface area (Å²) in [6.07, 6.45) is -1.78. The molecule has 0 saturated carbocycles. The van der Waals surface area contributed by atoms with Gasteiger partial charge in [-0.3, -0.25) is 4.79 Å². The maximum absolute atomic E-state index is 12.0. The molecule has 0 saturated heterocycles. The Bertz CT molecular complexity index is 413. The molecule has 0 aliphatic heterocycles. The van der Waals surface area contributed by atoms with Crippen molar-refractivity contribution in [1.82, 2.24) is 0 Å². The minimum absolute atomic E-state index is 0.124. The number of nitrogen functional groups attached to an aromatic ring is 1. The topological polar surface area (TPSA) is 52.3 Å². The fraction of sp³-hybridized carbons (Fsp3) is 0.100. The van der Waals surface area contributed by atoms with Gasteiger partial charge in [-0.1, -0.05) is 12.1 Å². The van der Waals surface area contributed by atoms with Crippen molar-refractivity contribution in [2.45, 2.75) is 6.36 Å². The number of rotatable bonds is 3. The van der Waals surface area contributed by atoms with Crippen molar-refractivity contribution < 1.29 is 22.7 Å². The maximum atomic E-state index is 12.0. The Labute approximate surface area is 89.3 Å². The predicted molar refractivity (Wildman–Crippen MR) is 52.6 cm³/mol. The fourth-order valence-corrected chi connectivity index (χ4v) is 1.02. The van der Waals surface area contributed by atoms with E-state index in [9.17, 15) is 18.0 Å². The van der Waals surface area contributed by atoms with E-state index in [4.69, 9.17) is 5.73 Å². The quantitative estimate of drug-likeness (QED) is 0.493. The number of aldehydes is 1. The molecule has 0 aliphatic carbocycles. The molecule has 0 unspecified atom stereocenters. The molecule has 1 rings (SSSR count). The lowest BCUT2D eigenvalue weighted by Gasteiger charge is -2.11. The van der Waals surface area contributed by atoms with E-state index in [2.05, 4.69) is 4.74 Å². The lowest BCUT2D eigenvalue weighted by Crippen LogP contribution is -2.18. The number of hydrogen-bond donors (Lipinski definition) is 1. The molecular formula is C10H8F3NO2. The van der Waals surface area contributed by atoms with Gasteiger partial charge in [0, 0.05) is 0 Å². The van der Waals surface area contributed by atoms with Gasteiger partial charge in [-0.05, 0) is 23.8 Å². The summed E-state index contributed by atoms with van der Waals surface area (Å²) >= 11 is 0. The standard InChI is InChI=1S/C10H8F3NO2/c11-10(12,13)16-9-6-7(2-1-5-15)3-4-8(9)14/h1-6H,14H2. The van der Waals surface area contributed by atoms with Crippen LogP contribution >= 0.6 is 0 Å². The molecule has 0 atom stereocenters. The Morgan fingerprint density at radius 1 is 1.31 bits per heavy atom. The number of ether oxygens (including phenoxy) is 1. The number of alkyl halides is 3. The summed E-state index contributed by atoms with van der Waals surface area (Å²) in [4.78, 5) is 10.0. The van der Waals surface area contributed by atoms with Crippen LogP contribution in [0.25, 0.3) is 6.08 Å². The van der Waals surface area contributed by atoms with Crippen LogP contribution in [0.1, 0.15) is 5.56 Å². The van der Waals surface area contributed by atoms with Crippen molar-refractivity contribution in [1.29, 1.82) is 0 Å². The van der Waals surface area contributed by atoms with Crippen molar-refractivity contribution in [3.63, 3.8) is 0 Å². The second-order valence-electron chi connectivity index (χ2n) is 2.84. The summed E-state index contributed by atoms with van der Waals surface area (Å²) in [5.41, 5.74) is 5.57. The number of anilines is 1. The maximum Gasteiger partial charge on any atom is 0.573 e. The summed E-state index contributed by atoms with van der Waals surface area (Å²) in [6.45, 7) is 0. The molecule has 0 heterocycles. The van der Waals surface area contributed by atoms with Crippen molar-refractivity contribution in [2.75, 3.05) is 5.73 Å². The highest BCUT2D eigenvalue weighted by Crippen LogP contribution is 2.29. The molecule has 3 nitrogen and oxygen atoms in total. The monoisotopic (exact) mass is 231 g/mol. The molecule has 0 spiro atoms. The third-order valence-corrected chi connectivity index (χ3v) is 1.63. The summed E-state index contributed by atoms with van der Waals surface area (Å²) in [6, 6.07) is 3.84. The Morgan fingerprint density at radius 2 is 2.00 bits per heavy atom. The minimum Gasteiger partial charge on any atom is -0.404 e. The highest BCUT2D eigenvalue weighted by Gasteiger charge is 2.31. The number of benzene rings is 1. The second-order valence-corrected chi connectivity index (χ2v) is 2.84. The van der Waals surface area contributed by atoms with E-state index in [1.165, 1.54) is 18.2 Å². The van der Waals surface area contributed by atoms with Gasteiger partial charge >= 0.3 is 6.36 Å². The van der Waals surface area contributed by atoms with Crippen LogP contribution in [0.3, 0.4) is 0 Å². The molecule has 1 aromatic rings. The van der Waals surface area contributed by atoms with Gasteiger partial charge in [0.2, 0.25) is 0 Å². The second kappa shape index (κ2) is 4.69. The van der Waals surface area contributed by atoms with Gasteiger partial charge in [0.25, 0.3) is 0 Å². The molecule has 0 amide bonds. The van der Waals surface area contributed by atoms with Crippen LogP contribution in [0, 0.1) is 0 Å². The summed E-state index contributed by atoms with van der Waals surface area (Å²) in [7, 11) is 0. The van der Waals surface area contributed by atoms with Crippen LogP contribution in [0.2, 0.25) is 0 Å². The van der Waals surface area contributed by atoms with Gasteiger partial charge in [0.05, 0.1) is 5.69 Å². The lowest BCUT2D eigenvalue weighted by molar-refractivity contribution is -0.274. The molecule has 2 N–H and O–H groups in total. The zero-order valence-corrected chi connectivity index (χ0v) is 7.99. The number of halogens is 3. The van der Waals surface area contributed by atoms with Crippen molar-refractivity contribution in [3.8, 4) is 5.75 Å². The third-order valence-electron chi connectivity index (χ3n) is 1.63. The molecule has 0 radical (unpaired) electrons. The molecule has 6 heteroatoms. The average molecular weight is 231 g/mol. The van der Waals surface area contributed by atoms with E-state index in [1.54, 1.807) is 0 Å². The van der Waals surface area contributed by atoms with E-state index in [0.29, 0.717) is 11.8 Å². The number of nitrogens with two attached hydrogens (primary N) is 1. The number of carbonyl (C=O) groups is 1. The highest BCUT2D eigenvalue weighted by molar-refractivity contribution is 5.74. The predicted octanol–water partition coefficient (Wildman–Crippen LogP) is 2.38. The molecule has 86 valence electrons. The van der Waals surface area contributed by atoms with Gasteiger partial charge in [0.15, 0.2) is 5.75 Å². The van der Waals surface area contributed by atoms with Crippen molar-refractivity contribution in [3.05, 3.63) is 29.8 Å². The van der Waals surface area contributed by atoms with Crippen LogP contribution in [-0.4, -0.2) is 12.6 Å². The third kappa shape index (κ3) is 3.64. The van der Waals surface area contributed by atoms with Crippen LogP contribution in [0.4, 0.5) is 18.9 Å². The first-order valence-electron chi connectivity index (χ1n) is 4.19. The van der Waals surface area contributed by atoms with Crippen LogP contribution in [-0.2, 0) is 4.79 Å². The van der Waals surface area contributed by atoms with Crippen LogP contribution in [0.5, 0.6) is 5.75 Å². The SMILES string of the molecule is Nc1ccc(C=CC=O)cc1OC(F)(F)F. The molecular weight excluding hydrogens is 223 g/mol. The summed E-state index contributed by atoms with van der Waals surface area (Å²) in [5.74, 6) is -0.486. The van der Waals surface area contributed by atoms with Gasteiger partial charge in [-0.15, -0.1) is 13.2 Å². The van der Waals surface area contributed by atoms with Crippen LogP contribution in [0.15, 0.2) is 24.3 Å². The fourth-order valence-electron chi connectivity index (χ4n) is 1.02. The average Bonchev–Trinajstić information content (AvgIpc) is 2.17. The normalized spacial score (nSPS) is 11.7. The van der Waals surface area contributed by atoms with Gasteiger partial charge < -0.3 is 10.5 Å². The van der Waals surface area contributed by atoms with Gasteiger partial charge in [0.1, 0.15) is 6.29 Å². The Morgan fingerprint density at radius 3 is 2.56 bits per heavy atom. The molecule has 1 aromatic carbocycles. The molecule has 0 aromatic heterocycles. The highest BCUT2D eigenvalue weighted by atomic mass is 19.4. The first-order chi connectivity index (χ1) is 7.42. The van der Waals surface area contributed by atoms with E-state index in [1.807, 2.05) is 0 Å². The summed E-state index contributed by atoms with van der Waals surface area (Å²) < 4.78 is 39.6. The zero-order chi connectivity index (χ0) is 12.2. The van der Waals surface area contributed by atoms with Crippen molar-refractivity contribution >= 4 is 18.0 Å². The Kier molecular flexibility index (Phi) is 3.55. The van der Waals surface area contributed by atoms with E-state index < -0.39 is 12.1 Å². The zero-order valence-electron chi connectivity index (χ0n) is 7.99. The number of allylic oxidation sites excluding steroid dienone is 1. The molecule has 0 aliphatic rings. The minimum atomic E-state index is -4.79.